The first-order valence-corrected chi connectivity index (χ1v) is 10.9. The molecule has 10 heteroatoms. The maximum absolute atomic E-state index is 11.0. The summed E-state index contributed by atoms with van der Waals surface area (Å²) in [7, 11) is 0. The number of rotatable bonds is 6. The smallest absolute Gasteiger partial charge is 0.317 e. The van der Waals surface area contributed by atoms with Crippen molar-refractivity contribution in [3.8, 4) is 0 Å². The van der Waals surface area contributed by atoms with Crippen LogP contribution >= 0.6 is 0 Å². The van der Waals surface area contributed by atoms with Crippen molar-refractivity contribution in [1.82, 2.24) is 20.0 Å². The first-order valence-electron chi connectivity index (χ1n) is 10.9. The van der Waals surface area contributed by atoms with Crippen molar-refractivity contribution in [2.45, 2.75) is 41.5 Å². The Kier molecular flexibility index (Phi) is 25.8. The lowest BCUT2D eigenvalue weighted by Crippen LogP contribution is -2.47. The highest BCUT2D eigenvalue weighted by Crippen LogP contribution is 1.97. The van der Waals surface area contributed by atoms with Gasteiger partial charge in [-0.1, -0.05) is 41.5 Å². The lowest BCUT2D eigenvalue weighted by Gasteiger charge is -2.29. The van der Waals surface area contributed by atoms with E-state index >= 15 is 0 Å². The van der Waals surface area contributed by atoms with E-state index in [1.807, 2.05) is 41.5 Å². The highest BCUT2D eigenvalue weighted by molar-refractivity contribution is 5.69. The fraction of sp³-hybridized carbons (Fsp3) is 0.850. The normalized spacial score (nSPS) is 16.6. The summed E-state index contributed by atoms with van der Waals surface area (Å²) in [6.07, 6.45) is 0. The summed E-state index contributed by atoms with van der Waals surface area (Å²) in [5, 5.41) is 30.1. The predicted molar refractivity (Wildman–Crippen MR) is 119 cm³/mol. The highest BCUT2D eigenvalue weighted by Gasteiger charge is 2.17. The minimum Gasteiger partial charge on any atom is -0.480 e. The molecule has 0 spiro atoms. The molecule has 1 aliphatic rings. The van der Waals surface area contributed by atoms with E-state index in [0.29, 0.717) is 52.4 Å². The van der Waals surface area contributed by atoms with Gasteiger partial charge in [0.05, 0.1) is 19.6 Å². The van der Waals surface area contributed by atoms with E-state index < -0.39 is 17.9 Å². The Labute approximate surface area is 181 Å². The average molecular weight is 437 g/mol. The minimum atomic E-state index is -0.960. The van der Waals surface area contributed by atoms with E-state index in [-0.39, 0.29) is 19.6 Å². The van der Waals surface area contributed by atoms with Crippen molar-refractivity contribution in [3.63, 3.8) is 0 Å². The van der Waals surface area contributed by atoms with E-state index in [2.05, 4.69) is 5.32 Å². The maximum atomic E-state index is 11.0. The topological polar surface area (TPSA) is 134 Å². The zero-order valence-corrected chi connectivity index (χ0v) is 19.7. The van der Waals surface area contributed by atoms with Crippen LogP contribution in [0.3, 0.4) is 0 Å². The van der Waals surface area contributed by atoms with Crippen LogP contribution in [0, 0.1) is 0 Å². The summed E-state index contributed by atoms with van der Waals surface area (Å²) in [6, 6.07) is 0. The first kappa shape index (κ1) is 32.9. The third kappa shape index (κ3) is 21.0. The molecule has 0 aromatic rings. The summed E-state index contributed by atoms with van der Waals surface area (Å²) in [4.78, 5) is 38.1. The third-order valence-corrected chi connectivity index (χ3v) is 3.75. The number of carbonyl (C=O) groups is 3. The molecule has 0 aliphatic carbocycles. The molecular weight excluding hydrogens is 392 g/mol. The maximum Gasteiger partial charge on any atom is 0.317 e. The van der Waals surface area contributed by atoms with Crippen molar-refractivity contribution in [2.24, 2.45) is 0 Å². The molecule has 10 nitrogen and oxygen atoms in total. The zero-order valence-electron chi connectivity index (χ0n) is 19.7. The first-order chi connectivity index (χ1) is 14.4. The van der Waals surface area contributed by atoms with E-state index in [9.17, 15) is 14.4 Å². The van der Waals surface area contributed by atoms with Gasteiger partial charge in [0.25, 0.3) is 0 Å². The largest absolute Gasteiger partial charge is 0.480 e. The molecule has 0 radical (unpaired) electrons. The Morgan fingerprint density at radius 2 is 0.800 bits per heavy atom. The molecule has 1 heterocycles. The van der Waals surface area contributed by atoms with E-state index in [1.165, 1.54) is 0 Å². The van der Waals surface area contributed by atoms with Crippen LogP contribution in [0.25, 0.3) is 0 Å². The Bertz CT molecular complexity index is 408. The number of carboxylic acids is 3. The quantitative estimate of drug-likeness (QED) is 0.474. The fourth-order valence-corrected chi connectivity index (χ4v) is 2.55. The summed E-state index contributed by atoms with van der Waals surface area (Å²) in [5.74, 6) is -2.79. The van der Waals surface area contributed by atoms with Crippen LogP contribution in [0.15, 0.2) is 0 Å². The van der Waals surface area contributed by atoms with Crippen LogP contribution < -0.4 is 5.32 Å². The van der Waals surface area contributed by atoms with Crippen LogP contribution in [0.1, 0.15) is 41.5 Å². The van der Waals surface area contributed by atoms with Crippen LogP contribution in [-0.4, -0.2) is 120 Å². The van der Waals surface area contributed by atoms with Crippen LogP contribution in [0.2, 0.25) is 0 Å². The van der Waals surface area contributed by atoms with Gasteiger partial charge in [-0.3, -0.25) is 29.1 Å². The fourth-order valence-electron chi connectivity index (χ4n) is 2.55. The van der Waals surface area contributed by atoms with Gasteiger partial charge in [0.2, 0.25) is 0 Å². The Hall–Kier alpha value is -1.75. The molecule has 0 atom stereocenters. The molecule has 0 amide bonds. The molecule has 0 saturated carbocycles. The van der Waals surface area contributed by atoms with Gasteiger partial charge in [0.1, 0.15) is 0 Å². The van der Waals surface area contributed by atoms with Gasteiger partial charge in [-0.2, -0.15) is 0 Å². The Morgan fingerprint density at radius 1 is 0.567 bits per heavy atom. The third-order valence-electron chi connectivity index (χ3n) is 3.75. The van der Waals surface area contributed by atoms with Gasteiger partial charge in [0, 0.05) is 52.4 Å². The summed E-state index contributed by atoms with van der Waals surface area (Å²) in [6.45, 7) is 15.6. The number of nitrogens with one attached hydrogen (secondary N) is 1. The van der Waals surface area contributed by atoms with Gasteiger partial charge < -0.3 is 20.6 Å². The minimum absolute atomic E-state index is 0.0896. The monoisotopic (exact) mass is 436 g/mol. The molecule has 1 aliphatic heterocycles. The summed E-state index contributed by atoms with van der Waals surface area (Å²) >= 11 is 0. The van der Waals surface area contributed by atoms with Gasteiger partial charge in [-0.05, 0) is 0 Å². The van der Waals surface area contributed by atoms with Crippen LogP contribution in [0.5, 0.6) is 0 Å². The van der Waals surface area contributed by atoms with E-state index in [0.717, 1.165) is 0 Å². The molecule has 1 rings (SSSR count). The van der Waals surface area contributed by atoms with Gasteiger partial charge in [-0.25, -0.2) is 0 Å². The van der Waals surface area contributed by atoms with E-state index in [1.54, 1.807) is 14.7 Å². The zero-order chi connectivity index (χ0) is 23.9. The van der Waals surface area contributed by atoms with Crippen molar-refractivity contribution in [2.75, 3.05) is 72.0 Å². The van der Waals surface area contributed by atoms with Crippen molar-refractivity contribution >= 4 is 17.9 Å². The molecule has 30 heavy (non-hydrogen) atoms. The SMILES string of the molecule is CC.CC.CC.O=C(O)CN1CCNCCN(CC(=O)O)CCN(CC(=O)O)CC1. The number of aliphatic carboxylic acids is 3. The molecule has 0 aromatic carbocycles. The predicted octanol–water partition coefficient (Wildman–Crippen LogP) is 0.828. The molecule has 1 saturated heterocycles. The summed E-state index contributed by atoms with van der Waals surface area (Å²) < 4.78 is 0. The average Bonchev–Trinajstić information content (AvgIpc) is 2.71. The number of nitrogens with zero attached hydrogens (tertiary/aromatic N) is 3. The summed E-state index contributed by atoms with van der Waals surface area (Å²) in [5.41, 5.74) is 0. The Morgan fingerprint density at radius 3 is 1.03 bits per heavy atom. The van der Waals surface area contributed by atoms with E-state index in [4.69, 9.17) is 15.3 Å². The van der Waals surface area contributed by atoms with Crippen molar-refractivity contribution < 1.29 is 29.7 Å². The molecule has 4 N–H and O–H groups in total. The van der Waals surface area contributed by atoms with Crippen LogP contribution in [0.4, 0.5) is 0 Å². The molecule has 180 valence electrons. The van der Waals surface area contributed by atoms with Crippen LogP contribution in [-0.2, 0) is 14.4 Å². The molecule has 1 fully saturated rings. The molecule has 0 unspecified atom stereocenters. The van der Waals surface area contributed by atoms with Crippen molar-refractivity contribution in [3.05, 3.63) is 0 Å². The molecule has 0 aromatic heterocycles. The second-order valence-electron chi connectivity index (χ2n) is 5.76. The van der Waals surface area contributed by atoms with Gasteiger partial charge in [-0.15, -0.1) is 0 Å². The standard InChI is InChI=1S/C14H26N4O6.3C2H6/c19-12(20)9-16-3-1-15-2-4-17(10-13(21)22)6-8-18(7-5-16)11-14(23)24;3*1-2/h15H,1-11H2,(H,19,20)(H,21,22)(H,23,24);3*1-2H3. The highest BCUT2D eigenvalue weighted by atomic mass is 16.4. The van der Waals surface area contributed by atoms with Gasteiger partial charge in [0.15, 0.2) is 0 Å². The lowest BCUT2D eigenvalue weighted by molar-refractivity contribution is -0.140. The lowest BCUT2D eigenvalue weighted by atomic mass is 10.3. The van der Waals surface area contributed by atoms with Crippen molar-refractivity contribution in [1.29, 1.82) is 0 Å². The number of hydrogen-bond donors (Lipinski definition) is 4. The number of hydrogen-bond acceptors (Lipinski definition) is 7. The molecular formula is C20H44N4O6. The number of carboxylic acid groups (broad SMARTS) is 3. The van der Waals surface area contributed by atoms with Gasteiger partial charge >= 0.3 is 17.9 Å². The molecule has 0 bridgehead atoms. The second-order valence-corrected chi connectivity index (χ2v) is 5.76. The Balaban J connectivity index is -0.00000111. The second kappa shape index (κ2) is 23.5.